The fourth-order valence-electron chi connectivity index (χ4n) is 1.88. The van der Waals surface area contributed by atoms with Crippen LogP contribution in [0.5, 0.6) is 5.75 Å². The maximum absolute atomic E-state index is 5.37. The van der Waals surface area contributed by atoms with Gasteiger partial charge in [0.15, 0.2) is 0 Å². The second-order valence-electron chi connectivity index (χ2n) is 4.36. The van der Waals surface area contributed by atoms with E-state index in [0.29, 0.717) is 0 Å². The van der Waals surface area contributed by atoms with E-state index < -0.39 is 0 Å². The van der Waals surface area contributed by atoms with Crippen LogP contribution in [0.25, 0.3) is 0 Å². The molecule has 0 radical (unpaired) electrons. The van der Waals surface area contributed by atoms with Crippen LogP contribution in [0.1, 0.15) is 23.9 Å². The first kappa shape index (κ1) is 13.8. The van der Waals surface area contributed by atoms with Gasteiger partial charge in [-0.15, -0.1) is 0 Å². The molecular weight excluding hydrogens is 258 g/mol. The van der Waals surface area contributed by atoms with Crippen LogP contribution in [0.2, 0.25) is 0 Å². The highest BCUT2D eigenvalue weighted by molar-refractivity contribution is 7.09. The average molecular weight is 277 g/mol. The molecule has 0 spiro atoms. The van der Waals surface area contributed by atoms with E-state index in [1.807, 2.05) is 6.07 Å². The van der Waals surface area contributed by atoms with Gasteiger partial charge in [-0.2, -0.15) is 4.37 Å². The summed E-state index contributed by atoms with van der Waals surface area (Å²) in [5.74, 6) is 1.85. The Balaban J connectivity index is 1.93. The van der Waals surface area contributed by atoms with E-state index in [1.54, 1.807) is 7.11 Å². The second kappa shape index (κ2) is 6.52. The maximum atomic E-state index is 5.37. The summed E-state index contributed by atoms with van der Waals surface area (Å²) in [6.45, 7) is 4.98. The molecule has 0 fully saturated rings. The molecule has 0 unspecified atom stereocenters. The Hall–Kier alpha value is -1.62. The Bertz CT molecular complexity index is 539. The smallest absolute Gasteiger partial charge is 0.202 e. The number of anilines is 1. The van der Waals surface area contributed by atoms with E-state index in [1.165, 1.54) is 22.7 Å². The van der Waals surface area contributed by atoms with Gasteiger partial charge in [0.25, 0.3) is 0 Å². The van der Waals surface area contributed by atoms with Gasteiger partial charge in [-0.05, 0) is 25.0 Å². The minimum Gasteiger partial charge on any atom is -0.496 e. The highest BCUT2D eigenvalue weighted by atomic mass is 32.1. The predicted octanol–water partition coefficient (Wildman–Crippen LogP) is 3.07. The first-order valence-corrected chi connectivity index (χ1v) is 7.20. The monoisotopic (exact) mass is 277 g/mol. The van der Waals surface area contributed by atoms with Crippen LogP contribution in [-0.4, -0.2) is 23.0 Å². The Morgan fingerprint density at radius 3 is 2.89 bits per heavy atom. The zero-order valence-corrected chi connectivity index (χ0v) is 12.4. The largest absolute Gasteiger partial charge is 0.496 e. The summed E-state index contributed by atoms with van der Waals surface area (Å²) in [6, 6.07) is 6.25. The van der Waals surface area contributed by atoms with Gasteiger partial charge in [-0.3, -0.25) is 0 Å². The van der Waals surface area contributed by atoms with Crippen LogP contribution in [-0.2, 0) is 12.8 Å². The van der Waals surface area contributed by atoms with Gasteiger partial charge in [-0.1, -0.05) is 24.6 Å². The Morgan fingerprint density at radius 1 is 1.37 bits per heavy atom. The third-order valence-electron chi connectivity index (χ3n) is 2.89. The molecule has 0 aliphatic carbocycles. The van der Waals surface area contributed by atoms with Crippen LogP contribution >= 0.6 is 11.5 Å². The molecule has 1 heterocycles. The van der Waals surface area contributed by atoms with Crippen molar-refractivity contribution in [1.82, 2.24) is 9.36 Å². The van der Waals surface area contributed by atoms with Crippen molar-refractivity contribution in [2.45, 2.75) is 26.7 Å². The highest BCUT2D eigenvalue weighted by Crippen LogP contribution is 2.20. The molecule has 0 amide bonds. The number of nitrogens with one attached hydrogen (secondary N) is 1. The quantitative estimate of drug-likeness (QED) is 0.881. The second-order valence-corrected chi connectivity index (χ2v) is 5.11. The van der Waals surface area contributed by atoms with E-state index in [-0.39, 0.29) is 0 Å². The zero-order chi connectivity index (χ0) is 13.7. The molecule has 5 heteroatoms. The van der Waals surface area contributed by atoms with Crippen molar-refractivity contribution in [2.24, 2.45) is 0 Å². The summed E-state index contributed by atoms with van der Waals surface area (Å²) in [5.41, 5.74) is 2.47. The lowest BCUT2D eigenvalue weighted by Gasteiger charge is -2.09. The van der Waals surface area contributed by atoms with E-state index in [9.17, 15) is 0 Å². The minimum absolute atomic E-state index is 0.832. The van der Waals surface area contributed by atoms with Crippen molar-refractivity contribution in [1.29, 1.82) is 0 Å². The predicted molar refractivity (Wildman–Crippen MR) is 79.2 cm³/mol. The summed E-state index contributed by atoms with van der Waals surface area (Å²) in [4.78, 5) is 4.39. The van der Waals surface area contributed by atoms with E-state index >= 15 is 0 Å². The van der Waals surface area contributed by atoms with Crippen LogP contribution in [0.15, 0.2) is 18.2 Å². The summed E-state index contributed by atoms with van der Waals surface area (Å²) >= 11 is 1.42. The molecule has 2 rings (SSSR count). The van der Waals surface area contributed by atoms with Gasteiger partial charge in [0.05, 0.1) is 7.11 Å². The lowest BCUT2D eigenvalue weighted by molar-refractivity contribution is 0.410. The number of aromatic nitrogens is 2. The number of aryl methyl sites for hydroxylation is 2. The minimum atomic E-state index is 0.832. The molecule has 0 bridgehead atoms. The number of hydrogen-bond donors (Lipinski definition) is 1. The fourth-order valence-corrected chi connectivity index (χ4v) is 2.55. The van der Waals surface area contributed by atoms with Crippen LogP contribution in [0, 0.1) is 6.92 Å². The molecule has 0 saturated carbocycles. The molecule has 2 aromatic rings. The van der Waals surface area contributed by atoms with Gasteiger partial charge in [0.2, 0.25) is 5.13 Å². The number of methoxy groups -OCH3 is 1. The number of rotatable bonds is 6. The summed E-state index contributed by atoms with van der Waals surface area (Å²) in [5, 5.41) is 4.20. The fraction of sp³-hybridized carbons (Fsp3) is 0.429. The first-order valence-electron chi connectivity index (χ1n) is 6.43. The van der Waals surface area contributed by atoms with Crippen molar-refractivity contribution in [3.8, 4) is 5.75 Å². The number of ether oxygens (including phenoxy) is 1. The molecule has 1 aromatic heterocycles. The highest BCUT2D eigenvalue weighted by Gasteiger charge is 2.05. The van der Waals surface area contributed by atoms with Crippen molar-refractivity contribution < 1.29 is 4.74 Å². The molecule has 102 valence electrons. The number of benzene rings is 1. The van der Waals surface area contributed by atoms with Crippen molar-refractivity contribution in [2.75, 3.05) is 19.0 Å². The summed E-state index contributed by atoms with van der Waals surface area (Å²) < 4.78 is 9.62. The molecule has 0 saturated heterocycles. The van der Waals surface area contributed by atoms with Gasteiger partial charge >= 0.3 is 0 Å². The third-order valence-corrected chi connectivity index (χ3v) is 3.60. The van der Waals surface area contributed by atoms with Gasteiger partial charge < -0.3 is 10.1 Å². The van der Waals surface area contributed by atoms with Crippen LogP contribution < -0.4 is 10.1 Å². The molecular formula is C14H19N3OS. The zero-order valence-electron chi connectivity index (χ0n) is 11.6. The average Bonchev–Trinajstić information content (AvgIpc) is 2.87. The van der Waals surface area contributed by atoms with Crippen molar-refractivity contribution in [3.63, 3.8) is 0 Å². The maximum Gasteiger partial charge on any atom is 0.202 e. The molecule has 4 nitrogen and oxygen atoms in total. The normalized spacial score (nSPS) is 10.5. The summed E-state index contributed by atoms with van der Waals surface area (Å²) in [6.07, 6.45) is 1.79. The van der Waals surface area contributed by atoms with Crippen LogP contribution in [0.3, 0.4) is 0 Å². The Morgan fingerprint density at radius 2 is 2.21 bits per heavy atom. The Kier molecular flexibility index (Phi) is 4.74. The first-order chi connectivity index (χ1) is 9.22. The topological polar surface area (TPSA) is 47.0 Å². The van der Waals surface area contributed by atoms with E-state index in [0.717, 1.165) is 36.1 Å². The van der Waals surface area contributed by atoms with Gasteiger partial charge in [-0.25, -0.2) is 4.98 Å². The molecule has 1 N–H and O–H groups in total. The third kappa shape index (κ3) is 3.67. The van der Waals surface area contributed by atoms with Crippen molar-refractivity contribution in [3.05, 3.63) is 35.2 Å². The van der Waals surface area contributed by atoms with Crippen molar-refractivity contribution >= 4 is 16.7 Å². The lowest BCUT2D eigenvalue weighted by Crippen LogP contribution is -2.06. The number of nitrogens with zero attached hydrogens (tertiary/aromatic N) is 2. The van der Waals surface area contributed by atoms with Gasteiger partial charge in [0.1, 0.15) is 11.6 Å². The molecule has 19 heavy (non-hydrogen) atoms. The van der Waals surface area contributed by atoms with Crippen LogP contribution in [0.4, 0.5) is 5.13 Å². The van der Waals surface area contributed by atoms with E-state index in [4.69, 9.17) is 4.74 Å². The standard InChI is InChI=1S/C14H19N3OS/c1-4-13-16-14(19-17-13)15-8-7-11-9-10(2)5-6-12(11)18-3/h5-6,9H,4,7-8H2,1-3H3,(H,15,16,17). The number of hydrogen-bond acceptors (Lipinski definition) is 5. The summed E-state index contributed by atoms with van der Waals surface area (Å²) in [7, 11) is 1.71. The molecule has 0 aliphatic heterocycles. The lowest BCUT2D eigenvalue weighted by atomic mass is 10.1. The van der Waals surface area contributed by atoms with E-state index in [2.05, 4.69) is 40.7 Å². The molecule has 1 aromatic carbocycles. The Labute approximate surface area is 118 Å². The molecule has 0 aliphatic rings. The van der Waals surface area contributed by atoms with Gasteiger partial charge in [0, 0.05) is 24.5 Å². The SMILES string of the molecule is CCc1nsc(NCCc2cc(C)ccc2OC)n1. The molecule has 0 atom stereocenters.